The fourth-order valence-corrected chi connectivity index (χ4v) is 5.81. The fourth-order valence-electron chi connectivity index (χ4n) is 5.81. The van der Waals surface area contributed by atoms with Crippen molar-refractivity contribution in [2.45, 2.75) is 76.7 Å². The number of phenols is 1. The van der Waals surface area contributed by atoms with Crippen molar-refractivity contribution in [3.05, 3.63) is 77.1 Å². The van der Waals surface area contributed by atoms with E-state index in [-0.39, 0.29) is 17.4 Å². The van der Waals surface area contributed by atoms with Gasteiger partial charge in [0.15, 0.2) is 11.4 Å². The molecular weight excluding hydrogens is 494 g/mol. The number of anilines is 1. The molecule has 2 aliphatic heterocycles. The lowest BCUT2D eigenvalue weighted by atomic mass is 9.71. The first-order valence-electron chi connectivity index (χ1n) is 14.0. The molecule has 2 aromatic rings. The van der Waals surface area contributed by atoms with Gasteiger partial charge in [-0.25, -0.2) is 4.79 Å². The molecule has 1 spiro atoms. The third-order valence-corrected chi connectivity index (χ3v) is 7.76. The molecule has 0 aromatic heterocycles. The van der Waals surface area contributed by atoms with Crippen LogP contribution in [0.1, 0.15) is 92.6 Å². The molecule has 2 unspecified atom stereocenters. The van der Waals surface area contributed by atoms with Gasteiger partial charge in [0.25, 0.3) is 0 Å². The highest BCUT2D eigenvalue weighted by Gasteiger charge is 2.57. The van der Waals surface area contributed by atoms with Crippen LogP contribution >= 0.6 is 0 Å². The molecule has 2 aromatic carbocycles. The van der Waals surface area contributed by atoms with E-state index >= 15 is 0 Å². The maximum atomic E-state index is 13.2. The molecule has 0 radical (unpaired) electrons. The summed E-state index contributed by atoms with van der Waals surface area (Å²) in [5.41, 5.74) is 0.828. The van der Waals surface area contributed by atoms with Crippen molar-refractivity contribution in [3.63, 3.8) is 0 Å². The van der Waals surface area contributed by atoms with Crippen molar-refractivity contribution < 1.29 is 29.0 Å². The topological polar surface area (TPSA) is 102 Å². The van der Waals surface area contributed by atoms with Crippen molar-refractivity contribution in [3.8, 4) is 11.5 Å². The van der Waals surface area contributed by atoms with Crippen LogP contribution in [0.15, 0.2) is 60.4 Å². The second-order valence-corrected chi connectivity index (χ2v) is 10.6. The molecule has 204 valence electrons. The number of esters is 1. The summed E-state index contributed by atoms with van der Waals surface area (Å²) in [6.45, 7) is 2.22. The largest absolute Gasteiger partial charge is 0.508 e. The molecule has 1 amide bonds. The number of benzene rings is 2. The number of amides is 1. The van der Waals surface area contributed by atoms with Gasteiger partial charge in [-0.2, -0.15) is 0 Å². The fraction of sp³-hybridized carbons (Fsp3) is 0.406. The first-order valence-corrected chi connectivity index (χ1v) is 14.0. The molecular formula is C32H35NO6. The minimum atomic E-state index is -1.25. The van der Waals surface area contributed by atoms with Crippen LogP contribution in [0.2, 0.25) is 0 Å². The zero-order valence-corrected chi connectivity index (χ0v) is 22.3. The third kappa shape index (κ3) is 5.35. The summed E-state index contributed by atoms with van der Waals surface area (Å²) < 4.78 is 12.1. The predicted molar refractivity (Wildman–Crippen MR) is 148 cm³/mol. The first-order chi connectivity index (χ1) is 18.9. The van der Waals surface area contributed by atoms with E-state index in [1.165, 1.54) is 62.8 Å². The lowest BCUT2D eigenvalue weighted by molar-refractivity contribution is -0.116. The summed E-state index contributed by atoms with van der Waals surface area (Å²) in [5.74, 6) is -0.719. The number of nitrogens with one attached hydrogen (secondary N) is 1. The zero-order chi connectivity index (χ0) is 27.4. The number of hydrogen-bond acceptors (Lipinski definition) is 6. The average Bonchev–Trinajstić information content (AvgIpc) is 3.19. The zero-order valence-electron chi connectivity index (χ0n) is 22.3. The summed E-state index contributed by atoms with van der Waals surface area (Å²) >= 11 is 0. The van der Waals surface area contributed by atoms with Gasteiger partial charge in [0.05, 0.1) is 11.5 Å². The van der Waals surface area contributed by atoms with Crippen molar-refractivity contribution in [1.82, 2.24) is 0 Å². The van der Waals surface area contributed by atoms with E-state index in [0.29, 0.717) is 40.3 Å². The Morgan fingerprint density at radius 2 is 1.67 bits per heavy atom. The van der Waals surface area contributed by atoms with Crippen molar-refractivity contribution >= 4 is 23.3 Å². The molecule has 7 heteroatoms. The van der Waals surface area contributed by atoms with Crippen LogP contribution in [0, 0.1) is 5.92 Å². The Hall–Kier alpha value is -3.87. The van der Waals surface area contributed by atoms with Crippen LogP contribution in [0.5, 0.6) is 11.5 Å². The Morgan fingerprint density at radius 3 is 2.44 bits per heavy atom. The maximum Gasteiger partial charge on any atom is 0.339 e. The Labute approximate surface area is 228 Å². The minimum Gasteiger partial charge on any atom is -0.508 e. The Balaban J connectivity index is 1.29. The van der Waals surface area contributed by atoms with E-state index in [2.05, 4.69) is 12.2 Å². The second-order valence-electron chi connectivity index (χ2n) is 10.6. The molecule has 39 heavy (non-hydrogen) atoms. The molecule has 0 saturated carbocycles. The van der Waals surface area contributed by atoms with Gasteiger partial charge >= 0.3 is 5.97 Å². The summed E-state index contributed by atoms with van der Waals surface area (Å²) in [4.78, 5) is 37.9. The van der Waals surface area contributed by atoms with E-state index < -0.39 is 17.5 Å². The number of rotatable bonds is 11. The number of hydrogen-bond donors (Lipinski definition) is 2. The van der Waals surface area contributed by atoms with E-state index in [1.807, 2.05) is 0 Å². The Bertz CT molecular complexity index is 1340. The van der Waals surface area contributed by atoms with Crippen molar-refractivity contribution in [1.29, 1.82) is 0 Å². The second kappa shape index (κ2) is 11.5. The number of unbranched alkanes of at least 4 members (excludes halogenated alkanes) is 8. The number of carbonyl (C=O) groups excluding carboxylic acids is 3. The average molecular weight is 530 g/mol. The lowest BCUT2D eigenvalue weighted by Gasteiger charge is -2.42. The number of ether oxygens (including phenoxy) is 2. The van der Waals surface area contributed by atoms with Crippen LogP contribution in [0.25, 0.3) is 0 Å². The first kappa shape index (κ1) is 26.7. The SMILES string of the molecule is CCCCCCCCCCCC(=O)Nc1ccc2c(c1)C(=O)OC21c2ccc(O)cc2OC2=CC(=O)C=CC21. The molecule has 2 heterocycles. The molecule has 1 aliphatic carbocycles. The van der Waals surface area contributed by atoms with Crippen LogP contribution < -0.4 is 10.1 Å². The molecule has 3 aliphatic rings. The van der Waals surface area contributed by atoms with Gasteiger partial charge in [-0.3, -0.25) is 9.59 Å². The van der Waals surface area contributed by atoms with Crippen LogP contribution in [-0.2, 0) is 19.9 Å². The van der Waals surface area contributed by atoms with Crippen LogP contribution in [-0.4, -0.2) is 22.8 Å². The lowest BCUT2D eigenvalue weighted by Crippen LogP contribution is -2.42. The summed E-state index contributed by atoms with van der Waals surface area (Å²) in [7, 11) is 0. The highest BCUT2D eigenvalue weighted by atomic mass is 16.6. The third-order valence-electron chi connectivity index (χ3n) is 7.76. The van der Waals surface area contributed by atoms with E-state index in [4.69, 9.17) is 9.47 Å². The predicted octanol–water partition coefficient (Wildman–Crippen LogP) is 6.70. The van der Waals surface area contributed by atoms with Gasteiger partial charge in [-0.05, 0) is 36.8 Å². The van der Waals surface area contributed by atoms with Gasteiger partial charge in [0.2, 0.25) is 5.91 Å². The van der Waals surface area contributed by atoms with Crippen LogP contribution in [0.3, 0.4) is 0 Å². The van der Waals surface area contributed by atoms with Crippen LogP contribution in [0.4, 0.5) is 5.69 Å². The summed E-state index contributed by atoms with van der Waals surface area (Å²) in [5, 5.41) is 13.0. The minimum absolute atomic E-state index is 0.00444. The standard InChI is InChI=1S/C32H35NO6/c1-2-3-4-5-6-7-8-9-10-11-30(36)33-21-12-15-25-24(18-21)31(37)39-32(25)26-16-13-22(34)19-28(26)38-29-20-23(35)14-17-27(29)32/h12-20,26,35H,2-11H2,1H3,(H,33,36). The summed E-state index contributed by atoms with van der Waals surface area (Å²) in [6.07, 6.45) is 15.6. The van der Waals surface area contributed by atoms with E-state index in [9.17, 15) is 19.5 Å². The van der Waals surface area contributed by atoms with E-state index in [1.54, 1.807) is 30.3 Å². The Kier molecular flexibility index (Phi) is 7.87. The number of aromatic hydroxyl groups is 1. The van der Waals surface area contributed by atoms with Crippen molar-refractivity contribution in [2.24, 2.45) is 5.92 Å². The van der Waals surface area contributed by atoms with Gasteiger partial charge in [-0.15, -0.1) is 0 Å². The maximum absolute atomic E-state index is 13.2. The Morgan fingerprint density at radius 1 is 0.949 bits per heavy atom. The highest BCUT2D eigenvalue weighted by Crippen LogP contribution is 2.57. The molecule has 0 fully saturated rings. The van der Waals surface area contributed by atoms with E-state index in [0.717, 1.165) is 19.3 Å². The number of phenolic OH excluding ortho intramolecular Hbond substituents is 1. The highest BCUT2D eigenvalue weighted by molar-refractivity contribution is 6.02. The molecule has 2 N–H and O–H groups in total. The number of carbonyl (C=O) groups is 3. The van der Waals surface area contributed by atoms with Gasteiger partial charge in [-0.1, -0.05) is 70.4 Å². The number of fused-ring (bicyclic) bond motifs is 6. The van der Waals surface area contributed by atoms with Crippen molar-refractivity contribution in [2.75, 3.05) is 5.32 Å². The van der Waals surface area contributed by atoms with Gasteiger partial charge < -0.3 is 19.9 Å². The quantitative estimate of drug-likeness (QED) is 0.248. The summed E-state index contributed by atoms with van der Waals surface area (Å²) in [6, 6.07) is 9.85. The number of ketones is 1. The molecule has 5 rings (SSSR count). The smallest absolute Gasteiger partial charge is 0.339 e. The van der Waals surface area contributed by atoms with Gasteiger partial charge in [0.1, 0.15) is 17.3 Å². The molecule has 7 nitrogen and oxygen atoms in total. The molecule has 2 atom stereocenters. The number of allylic oxidation sites excluding steroid dienone is 2. The molecule has 0 saturated heterocycles. The normalized spacial score (nSPS) is 20.5. The monoisotopic (exact) mass is 529 g/mol. The van der Waals surface area contributed by atoms with Gasteiger partial charge in [0, 0.05) is 35.4 Å². The molecule has 0 bridgehead atoms.